The van der Waals surface area contributed by atoms with Crippen molar-refractivity contribution in [1.82, 2.24) is 0 Å². The molecule has 0 saturated carbocycles. The molecular weight excluding hydrogens is 272 g/mol. The molecule has 0 aromatic heterocycles. The summed E-state index contributed by atoms with van der Waals surface area (Å²) in [5.41, 5.74) is 6.86. The van der Waals surface area contributed by atoms with E-state index in [9.17, 15) is 8.78 Å². The standard InChI is InChI=1S/C17H19F2NO/c1-3-12(20)9-14-15(18)5-4-6-17(14)21-13-8-7-11(2)16(19)10-13/h4-8,10,12H,3,9,20H2,1-2H3. The molecule has 2 rings (SSSR count). The number of halogens is 2. The van der Waals surface area contributed by atoms with E-state index < -0.39 is 0 Å². The third-order valence-electron chi connectivity index (χ3n) is 3.44. The third-order valence-corrected chi connectivity index (χ3v) is 3.44. The minimum Gasteiger partial charge on any atom is -0.457 e. The van der Waals surface area contributed by atoms with Crippen LogP contribution in [-0.4, -0.2) is 6.04 Å². The molecule has 0 spiro atoms. The van der Waals surface area contributed by atoms with E-state index in [0.29, 0.717) is 29.0 Å². The number of hydrogen-bond acceptors (Lipinski definition) is 2. The van der Waals surface area contributed by atoms with Crippen LogP contribution in [0.25, 0.3) is 0 Å². The normalized spacial score (nSPS) is 12.2. The minimum absolute atomic E-state index is 0.140. The van der Waals surface area contributed by atoms with E-state index in [0.717, 1.165) is 6.42 Å². The van der Waals surface area contributed by atoms with Gasteiger partial charge in [0.2, 0.25) is 0 Å². The smallest absolute Gasteiger partial charge is 0.133 e. The van der Waals surface area contributed by atoms with Gasteiger partial charge < -0.3 is 10.5 Å². The molecule has 2 N–H and O–H groups in total. The van der Waals surface area contributed by atoms with Crippen molar-refractivity contribution >= 4 is 0 Å². The quantitative estimate of drug-likeness (QED) is 0.889. The maximum Gasteiger partial charge on any atom is 0.133 e. The Balaban J connectivity index is 2.30. The molecule has 2 aromatic carbocycles. The van der Waals surface area contributed by atoms with Crippen LogP contribution in [0, 0.1) is 18.6 Å². The zero-order valence-corrected chi connectivity index (χ0v) is 12.2. The summed E-state index contributed by atoms with van der Waals surface area (Å²) in [7, 11) is 0. The van der Waals surface area contributed by atoms with E-state index in [-0.39, 0.29) is 17.7 Å². The Hall–Kier alpha value is -1.94. The first-order valence-corrected chi connectivity index (χ1v) is 6.98. The van der Waals surface area contributed by atoms with Gasteiger partial charge in [0.1, 0.15) is 23.1 Å². The Morgan fingerprint density at radius 3 is 2.57 bits per heavy atom. The maximum absolute atomic E-state index is 14.0. The molecule has 112 valence electrons. The molecule has 0 bridgehead atoms. The van der Waals surface area contributed by atoms with Crippen molar-refractivity contribution in [2.24, 2.45) is 5.73 Å². The molecule has 0 radical (unpaired) electrons. The Labute approximate surface area is 123 Å². The van der Waals surface area contributed by atoms with Crippen LogP contribution in [0.1, 0.15) is 24.5 Å². The van der Waals surface area contributed by atoms with Gasteiger partial charge in [-0.05, 0) is 43.5 Å². The molecule has 0 fully saturated rings. The Kier molecular flexibility index (Phi) is 4.91. The molecular formula is C17H19F2NO. The highest BCUT2D eigenvalue weighted by atomic mass is 19.1. The Bertz CT molecular complexity index is 628. The highest BCUT2D eigenvalue weighted by Crippen LogP contribution is 2.29. The van der Waals surface area contributed by atoms with E-state index in [4.69, 9.17) is 10.5 Å². The second-order valence-electron chi connectivity index (χ2n) is 5.10. The summed E-state index contributed by atoms with van der Waals surface area (Å²) < 4.78 is 33.2. The molecule has 2 nitrogen and oxygen atoms in total. The number of benzene rings is 2. The number of hydrogen-bond donors (Lipinski definition) is 1. The fourth-order valence-corrected chi connectivity index (χ4v) is 2.00. The second kappa shape index (κ2) is 6.68. The molecule has 2 aromatic rings. The minimum atomic E-state index is -0.357. The first-order chi connectivity index (χ1) is 10.0. The molecule has 0 saturated heterocycles. The topological polar surface area (TPSA) is 35.2 Å². The van der Waals surface area contributed by atoms with E-state index in [1.54, 1.807) is 31.2 Å². The largest absolute Gasteiger partial charge is 0.457 e. The second-order valence-corrected chi connectivity index (χ2v) is 5.10. The summed E-state index contributed by atoms with van der Waals surface area (Å²) in [6, 6.07) is 9.05. The number of rotatable bonds is 5. The van der Waals surface area contributed by atoms with E-state index in [1.165, 1.54) is 12.1 Å². The molecule has 4 heteroatoms. The lowest BCUT2D eigenvalue weighted by Crippen LogP contribution is -2.22. The molecule has 0 aliphatic carbocycles. The van der Waals surface area contributed by atoms with E-state index in [1.807, 2.05) is 6.92 Å². The molecule has 1 atom stereocenters. The van der Waals surface area contributed by atoms with Gasteiger partial charge in [-0.2, -0.15) is 0 Å². The van der Waals surface area contributed by atoms with Crippen molar-refractivity contribution in [1.29, 1.82) is 0 Å². The lowest BCUT2D eigenvalue weighted by atomic mass is 10.0. The van der Waals surface area contributed by atoms with Crippen LogP contribution in [0.15, 0.2) is 36.4 Å². The fraction of sp³-hybridized carbons (Fsp3) is 0.294. The number of nitrogens with two attached hydrogens (primary N) is 1. The number of ether oxygens (including phenoxy) is 1. The van der Waals surface area contributed by atoms with Crippen LogP contribution in [0.3, 0.4) is 0 Å². The average molecular weight is 291 g/mol. The van der Waals surface area contributed by atoms with Crippen molar-refractivity contribution < 1.29 is 13.5 Å². The van der Waals surface area contributed by atoms with Gasteiger partial charge in [0, 0.05) is 17.7 Å². The molecule has 0 amide bonds. The van der Waals surface area contributed by atoms with Crippen LogP contribution in [0.5, 0.6) is 11.5 Å². The summed E-state index contributed by atoms with van der Waals surface area (Å²) >= 11 is 0. The van der Waals surface area contributed by atoms with Crippen LogP contribution in [0.4, 0.5) is 8.78 Å². The molecule has 0 aliphatic rings. The van der Waals surface area contributed by atoms with Crippen molar-refractivity contribution in [2.45, 2.75) is 32.7 Å². The maximum atomic E-state index is 14.0. The van der Waals surface area contributed by atoms with Crippen LogP contribution in [-0.2, 0) is 6.42 Å². The zero-order valence-electron chi connectivity index (χ0n) is 12.2. The van der Waals surface area contributed by atoms with Gasteiger partial charge in [-0.1, -0.05) is 19.1 Å². The number of aryl methyl sites for hydroxylation is 1. The van der Waals surface area contributed by atoms with Gasteiger partial charge in [0.15, 0.2) is 0 Å². The van der Waals surface area contributed by atoms with E-state index >= 15 is 0 Å². The predicted octanol–water partition coefficient (Wildman–Crippen LogP) is 4.35. The van der Waals surface area contributed by atoms with Crippen molar-refractivity contribution in [3.8, 4) is 11.5 Å². The van der Waals surface area contributed by atoms with Crippen LogP contribution < -0.4 is 10.5 Å². The highest BCUT2D eigenvalue weighted by molar-refractivity contribution is 5.40. The predicted molar refractivity (Wildman–Crippen MR) is 79.6 cm³/mol. The summed E-state index contributed by atoms with van der Waals surface area (Å²) in [6.45, 7) is 3.62. The lowest BCUT2D eigenvalue weighted by molar-refractivity contribution is 0.456. The monoisotopic (exact) mass is 291 g/mol. The SMILES string of the molecule is CCC(N)Cc1c(F)cccc1Oc1ccc(C)c(F)c1. The first kappa shape index (κ1) is 15.4. The van der Waals surface area contributed by atoms with Crippen LogP contribution >= 0.6 is 0 Å². The van der Waals surface area contributed by atoms with Crippen LogP contribution in [0.2, 0.25) is 0 Å². The van der Waals surface area contributed by atoms with Gasteiger partial charge in [0.05, 0.1) is 0 Å². The Morgan fingerprint density at radius 2 is 1.90 bits per heavy atom. The lowest BCUT2D eigenvalue weighted by Gasteiger charge is -2.15. The zero-order chi connectivity index (χ0) is 15.4. The average Bonchev–Trinajstić information content (AvgIpc) is 2.46. The van der Waals surface area contributed by atoms with Gasteiger partial charge in [-0.3, -0.25) is 0 Å². The van der Waals surface area contributed by atoms with Crippen molar-refractivity contribution in [3.05, 3.63) is 59.2 Å². The highest BCUT2D eigenvalue weighted by Gasteiger charge is 2.14. The third kappa shape index (κ3) is 3.79. The molecule has 0 aliphatic heterocycles. The van der Waals surface area contributed by atoms with Crippen molar-refractivity contribution in [3.63, 3.8) is 0 Å². The summed E-state index contributed by atoms with van der Waals surface area (Å²) in [4.78, 5) is 0. The van der Waals surface area contributed by atoms with Gasteiger partial charge in [0.25, 0.3) is 0 Å². The fourth-order valence-electron chi connectivity index (χ4n) is 2.00. The van der Waals surface area contributed by atoms with Gasteiger partial charge >= 0.3 is 0 Å². The summed E-state index contributed by atoms with van der Waals surface area (Å²) in [6.07, 6.45) is 1.12. The van der Waals surface area contributed by atoms with Gasteiger partial charge in [-0.15, -0.1) is 0 Å². The van der Waals surface area contributed by atoms with E-state index in [2.05, 4.69) is 0 Å². The first-order valence-electron chi connectivity index (χ1n) is 6.98. The summed E-state index contributed by atoms with van der Waals surface area (Å²) in [5.74, 6) is 0.0110. The molecule has 21 heavy (non-hydrogen) atoms. The molecule has 0 heterocycles. The van der Waals surface area contributed by atoms with Crippen molar-refractivity contribution in [2.75, 3.05) is 0 Å². The molecule has 1 unspecified atom stereocenters. The summed E-state index contributed by atoms with van der Waals surface area (Å²) in [5, 5.41) is 0. The Morgan fingerprint density at radius 1 is 1.14 bits per heavy atom. The van der Waals surface area contributed by atoms with Gasteiger partial charge in [-0.25, -0.2) is 8.78 Å².